The van der Waals surface area contributed by atoms with E-state index in [2.05, 4.69) is 15.3 Å². The van der Waals surface area contributed by atoms with Crippen molar-refractivity contribution in [3.05, 3.63) is 64.0 Å². The number of carbonyl (C=O) groups is 1. The number of nitro groups is 1. The van der Waals surface area contributed by atoms with Gasteiger partial charge in [0, 0.05) is 6.07 Å². The number of hydrogen-bond donors (Lipinski definition) is 2. The number of thioether (sulfide) groups is 1. The van der Waals surface area contributed by atoms with Crippen molar-refractivity contribution >= 4 is 34.4 Å². The molecule has 7 nitrogen and oxygen atoms in total. The van der Waals surface area contributed by atoms with Gasteiger partial charge in [0.05, 0.1) is 38.2 Å². The first-order chi connectivity index (χ1) is 14.6. The van der Waals surface area contributed by atoms with Gasteiger partial charge in [-0.1, -0.05) is 26.0 Å². The van der Waals surface area contributed by atoms with Gasteiger partial charge in [0.25, 0.3) is 5.69 Å². The monoisotopic (exact) mass is 452 g/mol. The summed E-state index contributed by atoms with van der Waals surface area (Å²) in [6.45, 7) is 3.82. The van der Waals surface area contributed by atoms with Gasteiger partial charge >= 0.3 is 6.18 Å². The molecule has 1 heterocycles. The number of nitrogens with one attached hydrogen (secondary N) is 2. The van der Waals surface area contributed by atoms with Gasteiger partial charge in [-0.2, -0.15) is 13.2 Å². The predicted octanol–water partition coefficient (Wildman–Crippen LogP) is 5.10. The summed E-state index contributed by atoms with van der Waals surface area (Å²) in [6, 6.07) is 9.24. The smallest absolute Gasteiger partial charge is 0.345 e. The van der Waals surface area contributed by atoms with Crippen LogP contribution in [-0.4, -0.2) is 26.6 Å². The summed E-state index contributed by atoms with van der Waals surface area (Å²) in [6.07, 6.45) is -4.69. The van der Waals surface area contributed by atoms with Crippen molar-refractivity contribution in [2.24, 2.45) is 5.92 Å². The third-order valence-electron chi connectivity index (χ3n) is 4.53. The second-order valence-corrected chi connectivity index (χ2v) is 8.17. The highest BCUT2D eigenvalue weighted by Gasteiger charge is 2.33. The molecule has 11 heteroatoms. The molecule has 1 atom stereocenters. The molecule has 0 aliphatic carbocycles. The molecule has 3 rings (SSSR count). The van der Waals surface area contributed by atoms with Crippen molar-refractivity contribution in [1.29, 1.82) is 0 Å². The molecule has 3 aromatic rings. The van der Waals surface area contributed by atoms with Crippen molar-refractivity contribution in [3.63, 3.8) is 0 Å². The number of aromatic amines is 1. The molecule has 164 valence electrons. The zero-order valence-electron chi connectivity index (χ0n) is 16.6. The van der Waals surface area contributed by atoms with Crippen molar-refractivity contribution in [1.82, 2.24) is 15.3 Å². The highest BCUT2D eigenvalue weighted by molar-refractivity contribution is 8.00. The van der Waals surface area contributed by atoms with E-state index >= 15 is 0 Å². The lowest BCUT2D eigenvalue weighted by atomic mass is 10.0. The molecule has 0 saturated carbocycles. The Morgan fingerprint density at radius 3 is 2.58 bits per heavy atom. The molecule has 0 saturated heterocycles. The maximum Gasteiger partial charge on any atom is 0.416 e. The third kappa shape index (κ3) is 5.35. The van der Waals surface area contributed by atoms with Crippen LogP contribution in [0.2, 0.25) is 0 Å². The third-order valence-corrected chi connectivity index (χ3v) is 5.59. The first kappa shape index (κ1) is 22.6. The number of halogens is 3. The Labute approximate surface area is 179 Å². The number of fused-ring (bicyclic) bond motifs is 1. The zero-order chi connectivity index (χ0) is 22.8. The minimum absolute atomic E-state index is 0.00471. The number of H-pyrrole nitrogens is 1. The first-order valence-corrected chi connectivity index (χ1v) is 10.3. The standard InChI is InChI=1S/C20H19F3N4O3S/c1-11(2)18(19-24-13-5-3-4-6-14(13)25-19)26-17(28)10-31-16-8-7-12(20(21,22)23)9-15(16)27(29)30/h3-9,11,18H,10H2,1-2H3,(H,24,25)(H,26,28). The molecule has 0 fully saturated rings. The van der Waals surface area contributed by atoms with Crippen LogP contribution in [0.15, 0.2) is 47.4 Å². The van der Waals surface area contributed by atoms with Gasteiger partial charge < -0.3 is 10.3 Å². The maximum absolute atomic E-state index is 12.8. The fourth-order valence-electron chi connectivity index (χ4n) is 2.99. The minimum atomic E-state index is -4.69. The summed E-state index contributed by atoms with van der Waals surface area (Å²) < 4.78 is 38.5. The SMILES string of the molecule is CC(C)C(NC(=O)CSc1ccc(C(F)(F)F)cc1[N+](=O)[O-])c1nc2ccccc2[nH]1. The first-order valence-electron chi connectivity index (χ1n) is 9.28. The van der Waals surface area contributed by atoms with E-state index < -0.39 is 34.3 Å². The Morgan fingerprint density at radius 1 is 1.26 bits per heavy atom. The number of nitrogens with zero attached hydrogens (tertiary/aromatic N) is 2. The quantitative estimate of drug-likeness (QED) is 0.295. The van der Waals surface area contributed by atoms with E-state index in [1.165, 1.54) is 0 Å². The minimum Gasteiger partial charge on any atom is -0.345 e. The van der Waals surface area contributed by atoms with Crippen molar-refractivity contribution in [2.45, 2.75) is 31.0 Å². The number of alkyl halides is 3. The van der Waals surface area contributed by atoms with Crippen LogP contribution in [0.5, 0.6) is 0 Å². The maximum atomic E-state index is 12.8. The number of imidazole rings is 1. The molecule has 31 heavy (non-hydrogen) atoms. The number of rotatable bonds is 7. The topological polar surface area (TPSA) is 101 Å². The fourth-order valence-corrected chi connectivity index (χ4v) is 3.80. The van der Waals surface area contributed by atoms with Crippen molar-refractivity contribution in [3.8, 4) is 0 Å². The van der Waals surface area contributed by atoms with Gasteiger partial charge in [-0.15, -0.1) is 11.8 Å². The molecule has 0 bridgehead atoms. The van der Waals surface area contributed by atoms with Gasteiger partial charge in [0.1, 0.15) is 5.82 Å². The van der Waals surface area contributed by atoms with E-state index in [9.17, 15) is 28.1 Å². The average Bonchev–Trinajstić information content (AvgIpc) is 3.13. The number of nitro benzene ring substituents is 1. The van der Waals surface area contributed by atoms with E-state index in [1.807, 2.05) is 38.1 Å². The summed E-state index contributed by atoms with van der Waals surface area (Å²) >= 11 is 0.805. The van der Waals surface area contributed by atoms with Crippen LogP contribution in [0, 0.1) is 16.0 Å². The number of amides is 1. The number of para-hydroxylation sites is 2. The van der Waals surface area contributed by atoms with Crippen LogP contribution < -0.4 is 5.32 Å². The summed E-state index contributed by atoms with van der Waals surface area (Å²) in [5.74, 6) is -0.0429. The lowest BCUT2D eigenvalue weighted by Crippen LogP contribution is -2.33. The number of aromatic nitrogens is 2. The molecule has 2 N–H and O–H groups in total. The largest absolute Gasteiger partial charge is 0.416 e. The highest BCUT2D eigenvalue weighted by Crippen LogP contribution is 2.36. The van der Waals surface area contributed by atoms with E-state index in [1.54, 1.807) is 0 Å². The molecule has 1 amide bonds. The van der Waals surface area contributed by atoms with Gasteiger partial charge in [-0.25, -0.2) is 4.98 Å². The average molecular weight is 452 g/mol. The van der Waals surface area contributed by atoms with Crippen molar-refractivity contribution < 1.29 is 22.9 Å². The molecular weight excluding hydrogens is 433 g/mol. The predicted molar refractivity (Wildman–Crippen MR) is 111 cm³/mol. The normalized spacial score (nSPS) is 12.8. The second kappa shape index (κ2) is 8.96. The molecule has 0 aliphatic rings. The number of hydrogen-bond acceptors (Lipinski definition) is 5. The van der Waals surface area contributed by atoms with Crippen LogP contribution in [0.3, 0.4) is 0 Å². The fraction of sp³-hybridized carbons (Fsp3) is 0.300. The Balaban J connectivity index is 1.73. The molecule has 2 aromatic carbocycles. The van der Waals surface area contributed by atoms with Gasteiger partial charge in [-0.05, 0) is 30.2 Å². The van der Waals surface area contributed by atoms with Gasteiger partial charge in [0.15, 0.2) is 0 Å². The van der Waals surface area contributed by atoms with E-state index in [0.29, 0.717) is 11.9 Å². The molecule has 0 radical (unpaired) electrons. The van der Waals surface area contributed by atoms with Crippen LogP contribution >= 0.6 is 11.8 Å². The molecular formula is C20H19F3N4O3S. The second-order valence-electron chi connectivity index (χ2n) is 7.15. The number of benzene rings is 2. The summed E-state index contributed by atoms with van der Waals surface area (Å²) in [4.78, 5) is 30.5. The molecule has 1 unspecified atom stereocenters. The summed E-state index contributed by atoms with van der Waals surface area (Å²) in [5.41, 5.74) is -0.220. The Bertz CT molecular complexity index is 1080. The van der Waals surface area contributed by atoms with Crippen LogP contribution in [0.4, 0.5) is 18.9 Å². The summed E-state index contributed by atoms with van der Waals surface area (Å²) in [5, 5.41) is 14.0. The van der Waals surface area contributed by atoms with Crippen LogP contribution in [0.1, 0.15) is 31.3 Å². The molecule has 0 spiro atoms. The molecule has 0 aliphatic heterocycles. The van der Waals surface area contributed by atoms with E-state index in [4.69, 9.17) is 0 Å². The van der Waals surface area contributed by atoms with Gasteiger partial charge in [-0.3, -0.25) is 14.9 Å². The van der Waals surface area contributed by atoms with Crippen molar-refractivity contribution in [2.75, 3.05) is 5.75 Å². The highest BCUT2D eigenvalue weighted by atomic mass is 32.2. The van der Waals surface area contributed by atoms with Crippen LogP contribution in [-0.2, 0) is 11.0 Å². The van der Waals surface area contributed by atoms with Gasteiger partial charge in [0.2, 0.25) is 5.91 Å². The Hall–Kier alpha value is -3.08. The lowest BCUT2D eigenvalue weighted by molar-refractivity contribution is -0.388. The van der Waals surface area contributed by atoms with E-state index in [0.717, 1.165) is 34.9 Å². The van der Waals surface area contributed by atoms with E-state index in [-0.39, 0.29) is 16.6 Å². The number of carbonyl (C=O) groups excluding carboxylic acids is 1. The van der Waals surface area contributed by atoms with Crippen LogP contribution in [0.25, 0.3) is 11.0 Å². The zero-order valence-corrected chi connectivity index (χ0v) is 17.4. The Morgan fingerprint density at radius 2 is 1.97 bits per heavy atom. The summed E-state index contributed by atoms with van der Waals surface area (Å²) in [7, 11) is 0. The lowest BCUT2D eigenvalue weighted by Gasteiger charge is -2.20. The Kier molecular flexibility index (Phi) is 6.54. The molecule has 1 aromatic heterocycles.